The number of carbonyl (C=O) groups is 4. The summed E-state index contributed by atoms with van der Waals surface area (Å²) in [6.07, 6.45) is 52.1. The second-order valence-electron chi connectivity index (χ2n) is 25.3. The summed E-state index contributed by atoms with van der Waals surface area (Å²) in [7, 11) is 7.62. The SMILES string of the molecule is CC(C)(N)OC=O.CCCCCCCCCCCCO.CCCCCCCCCCCCOC(=O)C(C)(C)N.CCCCCCCCCCCCOC(=O)C(C)(C)N(C)C.CCCCCCCCCCCCOC(=O)C(C)(C)N(C)C.Cl. The number of nitrogens with two attached hydrogens (primary N) is 2. The van der Waals surface area contributed by atoms with E-state index in [1.165, 1.54) is 225 Å². The third-order valence-electron chi connectivity index (χ3n) is 14.8. The van der Waals surface area contributed by atoms with E-state index in [0.717, 1.165) is 32.1 Å². The molecule has 0 aromatic heterocycles. The molecule has 496 valence electrons. The van der Waals surface area contributed by atoms with E-state index in [9.17, 15) is 19.2 Å². The Labute approximate surface area is 515 Å². The zero-order chi connectivity index (χ0) is 62.5. The van der Waals surface area contributed by atoms with Gasteiger partial charge in [-0.25, -0.2) is 0 Å². The largest absolute Gasteiger partial charge is 0.464 e. The molecule has 0 unspecified atom stereocenters. The molecule has 0 aliphatic heterocycles. The lowest BCUT2D eigenvalue weighted by atomic mass is 10.1. The average molecular weight is 1200 g/mol. The van der Waals surface area contributed by atoms with Crippen LogP contribution in [-0.2, 0) is 38.1 Å². The maximum absolute atomic E-state index is 11.9. The van der Waals surface area contributed by atoms with E-state index in [0.29, 0.717) is 32.9 Å². The Hall–Kier alpha value is -2.03. The van der Waals surface area contributed by atoms with Gasteiger partial charge in [0, 0.05) is 6.61 Å². The van der Waals surface area contributed by atoms with Crippen molar-refractivity contribution in [1.29, 1.82) is 0 Å². The minimum absolute atomic E-state index is 0. The molecule has 0 fully saturated rings. The van der Waals surface area contributed by atoms with E-state index in [1.54, 1.807) is 27.7 Å². The van der Waals surface area contributed by atoms with Crippen molar-refractivity contribution in [3.05, 3.63) is 0 Å². The van der Waals surface area contributed by atoms with Gasteiger partial charge in [-0.05, 0) is 109 Å². The number of esters is 3. The molecule has 0 spiro atoms. The van der Waals surface area contributed by atoms with Gasteiger partial charge in [-0.2, -0.15) is 0 Å². The molecule has 0 heterocycles. The first-order valence-electron chi connectivity index (χ1n) is 33.5. The number of halogens is 1. The molecule has 0 saturated carbocycles. The zero-order valence-corrected chi connectivity index (χ0v) is 58.2. The Morgan fingerprint density at radius 1 is 0.366 bits per heavy atom. The quantitative estimate of drug-likeness (QED) is 0.0172. The molecule has 0 rings (SSSR count). The van der Waals surface area contributed by atoms with Gasteiger partial charge in [-0.1, -0.05) is 259 Å². The predicted octanol–water partition coefficient (Wildman–Crippen LogP) is 17.9. The summed E-state index contributed by atoms with van der Waals surface area (Å²) in [5.41, 5.74) is 8.09. The van der Waals surface area contributed by atoms with Crippen LogP contribution in [0.25, 0.3) is 0 Å². The highest BCUT2D eigenvalue weighted by molar-refractivity contribution is 5.85. The number of likely N-dealkylation sites (N-methyl/N-ethyl adjacent to an activating group) is 2. The first-order chi connectivity index (χ1) is 38.3. The molecule has 0 bridgehead atoms. The Morgan fingerprint density at radius 2 is 0.561 bits per heavy atom. The summed E-state index contributed by atoms with van der Waals surface area (Å²) in [5, 5.41) is 8.57. The normalized spacial score (nSPS) is 11.4. The Balaban J connectivity index is -0.000000227. The van der Waals surface area contributed by atoms with Crippen LogP contribution in [0.4, 0.5) is 0 Å². The molecule has 0 radical (unpaired) electrons. The van der Waals surface area contributed by atoms with Gasteiger partial charge >= 0.3 is 17.9 Å². The fourth-order valence-corrected chi connectivity index (χ4v) is 7.89. The van der Waals surface area contributed by atoms with Crippen molar-refractivity contribution in [1.82, 2.24) is 9.80 Å². The van der Waals surface area contributed by atoms with Crippen LogP contribution in [0.3, 0.4) is 0 Å². The number of hydrogen-bond acceptors (Lipinski definition) is 13. The molecule has 0 amide bonds. The number of hydrogen-bond donors (Lipinski definition) is 3. The molecule has 0 aromatic carbocycles. The summed E-state index contributed by atoms with van der Waals surface area (Å²) < 4.78 is 20.2. The Morgan fingerprint density at radius 3 is 0.720 bits per heavy atom. The highest BCUT2D eigenvalue weighted by Gasteiger charge is 2.32. The van der Waals surface area contributed by atoms with Crippen molar-refractivity contribution in [2.75, 3.05) is 54.6 Å². The van der Waals surface area contributed by atoms with Gasteiger partial charge in [0.05, 0.1) is 19.8 Å². The van der Waals surface area contributed by atoms with Crippen molar-refractivity contribution >= 4 is 36.8 Å². The minimum Gasteiger partial charge on any atom is -0.464 e. The minimum atomic E-state index is -0.863. The fourth-order valence-electron chi connectivity index (χ4n) is 7.89. The summed E-state index contributed by atoms with van der Waals surface area (Å²) in [6, 6.07) is 0. The van der Waals surface area contributed by atoms with Gasteiger partial charge in [-0.3, -0.25) is 34.7 Å². The number of aliphatic hydroxyl groups is 1. The smallest absolute Gasteiger partial charge is 0.325 e. The topological polar surface area (TPSA) is 184 Å². The molecule has 5 N–H and O–H groups in total. The van der Waals surface area contributed by atoms with Gasteiger partial charge in [0.2, 0.25) is 0 Å². The Kier molecular flexibility index (Phi) is 72.2. The second kappa shape index (κ2) is 65.0. The van der Waals surface area contributed by atoms with E-state index in [-0.39, 0.29) is 30.3 Å². The van der Waals surface area contributed by atoms with Gasteiger partial charge in [0.1, 0.15) is 16.6 Å². The van der Waals surface area contributed by atoms with Gasteiger partial charge < -0.3 is 29.8 Å². The molecule has 82 heavy (non-hydrogen) atoms. The van der Waals surface area contributed by atoms with E-state index in [2.05, 4.69) is 32.4 Å². The molecule has 0 aromatic rings. The van der Waals surface area contributed by atoms with E-state index in [1.807, 2.05) is 65.7 Å². The number of unbranched alkanes of at least 4 members (excludes halogenated alkanes) is 36. The third-order valence-corrected chi connectivity index (χ3v) is 14.8. The lowest BCUT2D eigenvalue weighted by Crippen LogP contribution is -2.46. The molecule has 0 saturated heterocycles. The summed E-state index contributed by atoms with van der Waals surface area (Å²) in [6.45, 7) is 25.5. The highest BCUT2D eigenvalue weighted by Crippen LogP contribution is 2.17. The van der Waals surface area contributed by atoms with E-state index < -0.39 is 22.3 Å². The number of carbonyl (C=O) groups excluding carboxylic acids is 4. The van der Waals surface area contributed by atoms with E-state index >= 15 is 0 Å². The highest BCUT2D eigenvalue weighted by atomic mass is 35.5. The van der Waals surface area contributed by atoms with Crippen molar-refractivity contribution in [3.63, 3.8) is 0 Å². The molecule has 13 nitrogen and oxygen atoms in total. The number of aliphatic hydroxyl groups excluding tert-OH is 1. The van der Waals surface area contributed by atoms with Crippen LogP contribution in [-0.4, -0.2) is 116 Å². The molecular weight excluding hydrogens is 1050 g/mol. The van der Waals surface area contributed by atoms with Crippen LogP contribution in [0.2, 0.25) is 0 Å². The first kappa shape index (κ1) is 91.1. The molecule has 0 aliphatic carbocycles. The zero-order valence-electron chi connectivity index (χ0n) is 57.4. The standard InChI is InChI=1S/2C18H37NO2.C16H33NO2.C12H26O.C4H9NO2.ClH/c2*1-6-7-8-9-10-11-12-13-14-15-16-21-17(20)18(2,3)19(4)5;1-4-5-6-7-8-9-10-11-12-13-14-19-15(18)16(2,3)17;1-2-3-4-5-6-7-8-9-10-11-12-13;1-4(2,5)7-3-6;/h2*6-16H2,1-5H3;4-14,17H2,1-3H3;13H,2-12H2,1H3;3H,5H2,1-2H3;1H. The van der Waals surface area contributed by atoms with Crippen LogP contribution in [0, 0.1) is 0 Å². The van der Waals surface area contributed by atoms with E-state index in [4.69, 9.17) is 30.8 Å². The van der Waals surface area contributed by atoms with Crippen molar-refractivity contribution in [3.8, 4) is 0 Å². The van der Waals surface area contributed by atoms with Crippen LogP contribution < -0.4 is 11.5 Å². The number of rotatable bonds is 50. The fraction of sp³-hybridized carbons (Fsp3) is 0.941. The van der Waals surface area contributed by atoms with Crippen molar-refractivity contribution in [2.45, 2.75) is 362 Å². The van der Waals surface area contributed by atoms with Gasteiger partial charge in [0.15, 0.2) is 5.72 Å². The van der Waals surface area contributed by atoms with Gasteiger partial charge in [-0.15, -0.1) is 12.4 Å². The lowest BCUT2D eigenvalue weighted by molar-refractivity contribution is -0.155. The number of nitrogens with zero attached hydrogens (tertiary/aromatic N) is 2. The number of ether oxygens (including phenoxy) is 4. The molecule has 0 atom stereocenters. The summed E-state index contributed by atoms with van der Waals surface area (Å²) in [4.78, 5) is 48.5. The maximum atomic E-state index is 11.9. The predicted molar refractivity (Wildman–Crippen MR) is 354 cm³/mol. The second-order valence-corrected chi connectivity index (χ2v) is 25.3. The molecule has 0 aliphatic rings. The van der Waals surface area contributed by atoms with Crippen LogP contribution in [0.15, 0.2) is 0 Å². The lowest BCUT2D eigenvalue weighted by Gasteiger charge is -2.29. The summed E-state index contributed by atoms with van der Waals surface area (Å²) >= 11 is 0. The summed E-state index contributed by atoms with van der Waals surface area (Å²) in [5.74, 6) is -0.546. The van der Waals surface area contributed by atoms with Crippen molar-refractivity contribution < 1.29 is 43.2 Å². The molecule has 14 heteroatoms. The average Bonchev–Trinajstić information content (AvgIpc) is 3.41. The maximum Gasteiger partial charge on any atom is 0.325 e. The van der Waals surface area contributed by atoms with Crippen LogP contribution >= 0.6 is 12.4 Å². The first-order valence-corrected chi connectivity index (χ1v) is 33.5. The third kappa shape index (κ3) is 70.5. The molecular formula is C68H143ClN4O9. The van der Waals surface area contributed by atoms with Crippen LogP contribution in [0.5, 0.6) is 0 Å². The van der Waals surface area contributed by atoms with Crippen LogP contribution in [0.1, 0.15) is 340 Å². The van der Waals surface area contributed by atoms with Gasteiger partial charge in [0.25, 0.3) is 6.47 Å². The monoisotopic (exact) mass is 1200 g/mol. The Bertz CT molecular complexity index is 1270. The van der Waals surface area contributed by atoms with Crippen molar-refractivity contribution in [2.24, 2.45) is 11.5 Å².